The molecule has 1 aliphatic heterocycles. The molecule has 0 spiro atoms. The standard InChI is InChI=1S/C31H24F3N7O/c32-31(33,34)29(42)38-30(13-4-14-30)21-10-8-20(9-11-21)25-22(19-6-2-1-3-7-19)18-23-24(37-25)12-17-41-27(23)39-40-28(41)26-35-15-5-16-36-26/h1-3,5-8,10-12,15-18,37H,4,9,13-14H2,(H,38,42). The van der Waals surface area contributed by atoms with Crippen LogP contribution in [0.2, 0.25) is 0 Å². The zero-order chi connectivity index (χ0) is 28.9. The summed E-state index contributed by atoms with van der Waals surface area (Å²) in [6, 6.07) is 13.6. The first kappa shape index (κ1) is 25.9. The van der Waals surface area contributed by atoms with E-state index in [-0.39, 0.29) is 0 Å². The summed E-state index contributed by atoms with van der Waals surface area (Å²) in [5, 5.41) is 14.7. The maximum absolute atomic E-state index is 13.0. The van der Waals surface area contributed by atoms with E-state index in [1.807, 2.05) is 65.2 Å². The lowest BCUT2D eigenvalue weighted by Gasteiger charge is -2.44. The smallest absolute Gasteiger partial charge is 0.354 e. The topological polar surface area (TPSA) is 97.1 Å². The van der Waals surface area contributed by atoms with Crippen LogP contribution in [-0.2, 0) is 4.79 Å². The Kier molecular flexibility index (Phi) is 6.03. The van der Waals surface area contributed by atoms with Crippen LogP contribution < -0.4 is 10.6 Å². The molecule has 2 aliphatic carbocycles. The van der Waals surface area contributed by atoms with Crippen LogP contribution in [0.5, 0.6) is 0 Å². The van der Waals surface area contributed by atoms with Crippen LogP contribution in [-0.4, -0.2) is 42.2 Å². The lowest BCUT2D eigenvalue weighted by Crippen LogP contribution is -2.57. The second-order valence-electron chi connectivity index (χ2n) is 10.5. The summed E-state index contributed by atoms with van der Waals surface area (Å²) in [7, 11) is 0. The fourth-order valence-electron chi connectivity index (χ4n) is 5.70. The Labute approximate surface area is 238 Å². The largest absolute Gasteiger partial charge is 0.471 e. The lowest BCUT2D eigenvalue weighted by atomic mass is 9.69. The van der Waals surface area contributed by atoms with E-state index >= 15 is 0 Å². The molecule has 1 amide bonds. The van der Waals surface area contributed by atoms with Gasteiger partial charge in [0, 0.05) is 35.4 Å². The number of pyridine rings is 1. The Bertz CT molecular complexity index is 1830. The highest BCUT2D eigenvalue weighted by Gasteiger charge is 2.48. The van der Waals surface area contributed by atoms with Crippen LogP contribution in [0.3, 0.4) is 0 Å². The summed E-state index contributed by atoms with van der Waals surface area (Å²) in [5.74, 6) is -0.903. The number of alkyl halides is 3. The van der Waals surface area contributed by atoms with Gasteiger partial charge in [-0.25, -0.2) is 9.97 Å². The molecule has 3 aliphatic rings. The number of rotatable bonds is 4. The molecule has 0 unspecified atom stereocenters. The molecular weight excluding hydrogens is 543 g/mol. The number of allylic oxidation sites excluding steroid dienone is 4. The molecule has 1 fully saturated rings. The van der Waals surface area contributed by atoms with Crippen LogP contribution in [0.25, 0.3) is 28.9 Å². The van der Waals surface area contributed by atoms with E-state index in [2.05, 4.69) is 36.9 Å². The molecule has 8 nitrogen and oxygen atoms in total. The molecular formula is C31H24F3N7O. The van der Waals surface area contributed by atoms with Gasteiger partial charge in [0.05, 0.1) is 11.2 Å². The molecule has 2 N–H and O–H groups in total. The average molecular weight is 568 g/mol. The monoisotopic (exact) mass is 567 g/mol. The predicted octanol–water partition coefficient (Wildman–Crippen LogP) is 5.89. The van der Waals surface area contributed by atoms with Crippen molar-refractivity contribution < 1.29 is 18.0 Å². The third kappa shape index (κ3) is 4.37. The summed E-state index contributed by atoms with van der Waals surface area (Å²) in [4.78, 5) is 20.4. The Morgan fingerprint density at radius 1 is 1.00 bits per heavy atom. The quantitative estimate of drug-likeness (QED) is 0.319. The fraction of sp³-hybridized carbons (Fsp3) is 0.194. The van der Waals surface area contributed by atoms with Crippen LogP contribution in [0.15, 0.2) is 96.1 Å². The molecule has 4 aromatic rings. The second kappa shape index (κ2) is 9.79. The van der Waals surface area contributed by atoms with Gasteiger partial charge in [-0.2, -0.15) is 13.2 Å². The third-order valence-corrected chi connectivity index (χ3v) is 7.98. The number of benzene rings is 1. The van der Waals surface area contributed by atoms with Gasteiger partial charge >= 0.3 is 12.1 Å². The number of aromatic nitrogens is 5. The van der Waals surface area contributed by atoms with E-state index in [0.29, 0.717) is 42.1 Å². The van der Waals surface area contributed by atoms with Crippen molar-refractivity contribution in [3.05, 3.63) is 107 Å². The number of anilines is 1. The summed E-state index contributed by atoms with van der Waals surface area (Å²) < 4.78 is 41.0. The first-order valence-corrected chi connectivity index (χ1v) is 13.5. The number of hydrogen-bond donors (Lipinski definition) is 2. The van der Waals surface area contributed by atoms with Crippen LogP contribution >= 0.6 is 0 Å². The third-order valence-electron chi connectivity index (χ3n) is 7.98. The second-order valence-corrected chi connectivity index (χ2v) is 10.5. The van der Waals surface area contributed by atoms with Crippen molar-refractivity contribution in [2.75, 3.05) is 5.32 Å². The maximum atomic E-state index is 13.0. The van der Waals surface area contributed by atoms with Crippen molar-refractivity contribution in [1.82, 2.24) is 29.9 Å². The molecule has 4 heterocycles. The van der Waals surface area contributed by atoms with Gasteiger partial charge in [0.25, 0.3) is 0 Å². The van der Waals surface area contributed by atoms with Crippen molar-refractivity contribution in [2.24, 2.45) is 0 Å². The molecule has 11 heteroatoms. The van der Waals surface area contributed by atoms with E-state index in [0.717, 1.165) is 40.1 Å². The van der Waals surface area contributed by atoms with Crippen LogP contribution in [0, 0.1) is 0 Å². The van der Waals surface area contributed by atoms with Crippen LogP contribution in [0.4, 0.5) is 18.9 Å². The number of carbonyl (C=O) groups excluding carboxylic acids is 1. The van der Waals surface area contributed by atoms with Crippen molar-refractivity contribution in [3.8, 4) is 11.6 Å². The van der Waals surface area contributed by atoms with Gasteiger partial charge in [0.15, 0.2) is 11.5 Å². The normalized spacial score (nSPS) is 19.3. The summed E-state index contributed by atoms with van der Waals surface area (Å²) in [5.41, 5.74) is 5.85. The highest BCUT2D eigenvalue weighted by Crippen LogP contribution is 2.44. The van der Waals surface area contributed by atoms with Gasteiger partial charge in [-0.15, -0.1) is 10.2 Å². The van der Waals surface area contributed by atoms with Gasteiger partial charge in [-0.3, -0.25) is 9.20 Å². The summed E-state index contributed by atoms with van der Waals surface area (Å²) in [6.45, 7) is 0. The van der Waals surface area contributed by atoms with E-state index < -0.39 is 17.6 Å². The zero-order valence-corrected chi connectivity index (χ0v) is 22.2. The number of fused-ring (bicyclic) bond motifs is 3. The molecule has 0 radical (unpaired) electrons. The minimum atomic E-state index is -4.92. The SMILES string of the molecule is O=C(NC1(C2=CCC(=C3Nc4ccn5c(-c6ncccn6)nnc5c4C=C3c3ccccc3)C=C2)CCC1)C(F)(F)F. The van der Waals surface area contributed by atoms with E-state index in [1.165, 1.54) is 0 Å². The van der Waals surface area contributed by atoms with Gasteiger partial charge in [-0.1, -0.05) is 48.6 Å². The highest BCUT2D eigenvalue weighted by molar-refractivity contribution is 6.02. The molecule has 0 atom stereocenters. The zero-order valence-electron chi connectivity index (χ0n) is 22.2. The predicted molar refractivity (Wildman–Crippen MR) is 152 cm³/mol. The molecule has 42 heavy (non-hydrogen) atoms. The average Bonchev–Trinajstić information content (AvgIpc) is 3.43. The molecule has 0 bridgehead atoms. The highest BCUT2D eigenvalue weighted by atomic mass is 19.4. The first-order chi connectivity index (χ1) is 20.3. The molecule has 0 saturated heterocycles. The van der Waals surface area contributed by atoms with Crippen LogP contribution in [0.1, 0.15) is 36.8 Å². The molecule has 1 saturated carbocycles. The van der Waals surface area contributed by atoms with E-state index in [4.69, 9.17) is 0 Å². The number of amides is 1. The van der Waals surface area contributed by atoms with Gasteiger partial charge in [0.1, 0.15) is 0 Å². The maximum Gasteiger partial charge on any atom is 0.471 e. The van der Waals surface area contributed by atoms with Crippen molar-refractivity contribution in [3.63, 3.8) is 0 Å². The van der Waals surface area contributed by atoms with Gasteiger partial charge in [-0.05, 0) is 60.6 Å². The Hall–Kier alpha value is -5.06. The molecule has 210 valence electrons. The number of nitrogens with one attached hydrogen (secondary N) is 2. The number of halogens is 3. The molecule has 3 aromatic heterocycles. The van der Waals surface area contributed by atoms with Crippen molar-refractivity contribution in [1.29, 1.82) is 0 Å². The minimum absolute atomic E-state index is 0.467. The summed E-state index contributed by atoms with van der Waals surface area (Å²) in [6.07, 6.45) is 10.2. The minimum Gasteiger partial charge on any atom is -0.354 e. The van der Waals surface area contributed by atoms with Gasteiger partial charge < -0.3 is 10.6 Å². The number of carbonyl (C=O) groups is 1. The Morgan fingerprint density at radius 2 is 1.79 bits per heavy atom. The number of nitrogens with zero attached hydrogens (tertiary/aromatic N) is 5. The van der Waals surface area contributed by atoms with Gasteiger partial charge in [0.2, 0.25) is 5.82 Å². The Morgan fingerprint density at radius 3 is 2.45 bits per heavy atom. The summed E-state index contributed by atoms with van der Waals surface area (Å²) >= 11 is 0. The fourth-order valence-corrected chi connectivity index (χ4v) is 5.70. The van der Waals surface area contributed by atoms with E-state index in [9.17, 15) is 18.0 Å². The first-order valence-electron chi connectivity index (χ1n) is 13.5. The lowest BCUT2D eigenvalue weighted by molar-refractivity contribution is -0.176. The molecule has 1 aromatic carbocycles. The van der Waals surface area contributed by atoms with E-state index in [1.54, 1.807) is 18.5 Å². The number of hydrogen-bond acceptors (Lipinski definition) is 6. The van der Waals surface area contributed by atoms with Crippen molar-refractivity contribution >= 4 is 28.9 Å². The van der Waals surface area contributed by atoms with Crippen molar-refractivity contribution in [2.45, 2.75) is 37.4 Å². The molecule has 7 rings (SSSR count). The Balaban J connectivity index is 1.28.